The molecule has 0 saturated carbocycles. The topological polar surface area (TPSA) is 54.4 Å². The highest BCUT2D eigenvalue weighted by atomic mass is 79.9. The van der Waals surface area contributed by atoms with Crippen LogP contribution in [0.5, 0.6) is 0 Å². The third-order valence-corrected chi connectivity index (χ3v) is 4.70. The van der Waals surface area contributed by atoms with Crippen molar-refractivity contribution in [2.24, 2.45) is 4.99 Å². The summed E-state index contributed by atoms with van der Waals surface area (Å²) in [6.45, 7) is 0. The Kier molecular flexibility index (Phi) is 4.63. The minimum Gasteiger partial charge on any atom is -0.309 e. The van der Waals surface area contributed by atoms with E-state index in [0.717, 1.165) is 26.9 Å². The van der Waals surface area contributed by atoms with Crippen LogP contribution >= 0.6 is 15.9 Å². The summed E-state index contributed by atoms with van der Waals surface area (Å²) in [5.41, 5.74) is 3.78. The number of nitrogens with zero attached hydrogens (tertiary/aromatic N) is 2. The molecule has 1 N–H and O–H groups in total. The van der Waals surface area contributed by atoms with Crippen molar-refractivity contribution in [1.29, 1.82) is 0 Å². The Balaban J connectivity index is 1.76. The molecule has 1 aliphatic heterocycles. The van der Waals surface area contributed by atoms with Gasteiger partial charge in [0.05, 0.1) is 5.71 Å². The maximum absolute atomic E-state index is 12.6. The molecule has 0 saturated heterocycles. The van der Waals surface area contributed by atoms with Crippen molar-refractivity contribution in [2.45, 2.75) is 12.5 Å². The fourth-order valence-electron chi connectivity index (χ4n) is 3.02. The van der Waals surface area contributed by atoms with Gasteiger partial charge in [-0.25, -0.2) is 4.98 Å². The smallest absolute Gasteiger partial charge is 0.250 e. The maximum atomic E-state index is 12.6. The zero-order valence-corrected chi connectivity index (χ0v) is 15.5. The van der Waals surface area contributed by atoms with Gasteiger partial charge in [0.25, 0.3) is 5.91 Å². The number of pyridine rings is 1. The average Bonchev–Trinajstić information content (AvgIpc) is 2.68. The molecule has 1 aromatic heterocycles. The number of aliphatic imine (C=N–C) groups is 1. The number of benzene rings is 2. The molecule has 0 fully saturated rings. The van der Waals surface area contributed by atoms with E-state index < -0.39 is 6.04 Å². The van der Waals surface area contributed by atoms with Crippen molar-refractivity contribution in [3.8, 4) is 0 Å². The van der Waals surface area contributed by atoms with Crippen molar-refractivity contribution in [3.05, 3.63) is 94.1 Å². The second-order valence-electron chi connectivity index (χ2n) is 6.08. The van der Waals surface area contributed by atoms with Gasteiger partial charge in [-0.15, -0.1) is 0 Å². The number of fused-ring (bicyclic) bond motifs is 1. The van der Waals surface area contributed by atoms with Crippen LogP contribution in [0.3, 0.4) is 0 Å². The fraction of sp³-hybridized carbons (Fsp3) is 0.0952. The first-order valence-corrected chi connectivity index (χ1v) is 9.14. The van der Waals surface area contributed by atoms with E-state index in [0.29, 0.717) is 12.2 Å². The lowest BCUT2D eigenvalue weighted by Crippen LogP contribution is -2.34. The van der Waals surface area contributed by atoms with Gasteiger partial charge in [0, 0.05) is 28.2 Å². The lowest BCUT2D eigenvalue weighted by molar-refractivity contribution is -0.117. The largest absolute Gasteiger partial charge is 0.309 e. The number of amides is 1. The molecule has 1 atom stereocenters. The van der Waals surface area contributed by atoms with E-state index in [4.69, 9.17) is 4.99 Å². The summed E-state index contributed by atoms with van der Waals surface area (Å²) in [7, 11) is 0. The van der Waals surface area contributed by atoms with Gasteiger partial charge in [-0.05, 0) is 27.6 Å². The van der Waals surface area contributed by atoms with Gasteiger partial charge in [0.2, 0.25) is 0 Å². The molecule has 4 rings (SSSR count). The standard InChI is InChI=1S/C21H16BrN3O/c22-17-11-16-12-18(21(26)25-20(16)23-13-17)24-19(14-7-3-1-4-8-14)15-9-5-2-6-10-15/h1-11,13,18H,12H2,(H,23,25,26). The number of nitrogens with one attached hydrogen (secondary N) is 1. The highest BCUT2D eigenvalue weighted by Gasteiger charge is 2.27. The van der Waals surface area contributed by atoms with Gasteiger partial charge < -0.3 is 5.32 Å². The molecular formula is C21H16BrN3O. The number of rotatable bonds is 3. The SMILES string of the molecule is O=C1Nc2ncc(Br)cc2CC1N=C(c1ccccc1)c1ccccc1. The second kappa shape index (κ2) is 7.22. The Morgan fingerprint density at radius 2 is 1.65 bits per heavy atom. The monoisotopic (exact) mass is 405 g/mol. The zero-order valence-electron chi connectivity index (χ0n) is 13.9. The van der Waals surface area contributed by atoms with Gasteiger partial charge in [0.1, 0.15) is 11.9 Å². The summed E-state index contributed by atoms with van der Waals surface area (Å²) >= 11 is 3.44. The van der Waals surface area contributed by atoms with Crippen molar-refractivity contribution >= 4 is 33.4 Å². The van der Waals surface area contributed by atoms with Crippen LogP contribution in [0.15, 0.2) is 82.4 Å². The number of hydrogen-bond acceptors (Lipinski definition) is 3. The van der Waals surface area contributed by atoms with Crippen LogP contribution in [0.1, 0.15) is 16.7 Å². The van der Waals surface area contributed by atoms with Gasteiger partial charge in [-0.3, -0.25) is 9.79 Å². The fourth-order valence-corrected chi connectivity index (χ4v) is 3.40. The van der Waals surface area contributed by atoms with E-state index in [2.05, 4.69) is 26.2 Å². The maximum Gasteiger partial charge on any atom is 0.250 e. The third kappa shape index (κ3) is 3.44. The predicted molar refractivity (Wildman–Crippen MR) is 107 cm³/mol. The molecular weight excluding hydrogens is 390 g/mol. The first kappa shape index (κ1) is 16.7. The van der Waals surface area contributed by atoms with E-state index in [1.165, 1.54) is 0 Å². The molecule has 0 aliphatic carbocycles. The van der Waals surface area contributed by atoms with E-state index in [1.54, 1.807) is 6.20 Å². The minimum absolute atomic E-state index is 0.128. The quantitative estimate of drug-likeness (QED) is 0.662. The lowest BCUT2D eigenvalue weighted by atomic mass is 9.99. The Morgan fingerprint density at radius 3 is 2.27 bits per heavy atom. The number of aromatic nitrogens is 1. The Bertz CT molecular complexity index is 930. The molecule has 3 aromatic rings. The highest BCUT2D eigenvalue weighted by Crippen LogP contribution is 2.25. The number of anilines is 1. The molecule has 5 heteroatoms. The average molecular weight is 406 g/mol. The molecule has 0 spiro atoms. The molecule has 1 amide bonds. The molecule has 1 unspecified atom stereocenters. The molecule has 4 nitrogen and oxygen atoms in total. The first-order valence-electron chi connectivity index (χ1n) is 8.34. The number of carbonyl (C=O) groups excluding carboxylic acids is 1. The molecule has 2 heterocycles. The van der Waals surface area contributed by atoms with Crippen molar-refractivity contribution in [2.75, 3.05) is 5.32 Å². The van der Waals surface area contributed by atoms with Crippen LogP contribution in [-0.4, -0.2) is 22.6 Å². The van der Waals surface area contributed by atoms with Gasteiger partial charge >= 0.3 is 0 Å². The van der Waals surface area contributed by atoms with Crippen molar-refractivity contribution < 1.29 is 4.79 Å². The van der Waals surface area contributed by atoms with E-state index >= 15 is 0 Å². The second-order valence-corrected chi connectivity index (χ2v) is 7.00. The molecule has 128 valence electrons. The van der Waals surface area contributed by atoms with E-state index in [9.17, 15) is 4.79 Å². The first-order chi connectivity index (χ1) is 12.7. The van der Waals surface area contributed by atoms with Crippen LogP contribution in [0, 0.1) is 0 Å². The van der Waals surface area contributed by atoms with Gasteiger partial charge in [-0.1, -0.05) is 60.7 Å². The van der Waals surface area contributed by atoms with Crippen LogP contribution < -0.4 is 5.32 Å². The van der Waals surface area contributed by atoms with Crippen LogP contribution in [0.2, 0.25) is 0 Å². The summed E-state index contributed by atoms with van der Waals surface area (Å²) < 4.78 is 0.890. The molecule has 1 aliphatic rings. The summed E-state index contributed by atoms with van der Waals surface area (Å²) in [6, 6.07) is 21.4. The minimum atomic E-state index is -0.492. The predicted octanol–water partition coefficient (Wildman–Crippen LogP) is 4.24. The Hall–Kier alpha value is -2.79. The van der Waals surface area contributed by atoms with Crippen LogP contribution in [-0.2, 0) is 11.2 Å². The third-order valence-electron chi connectivity index (χ3n) is 4.27. The van der Waals surface area contributed by atoms with E-state index in [-0.39, 0.29) is 5.91 Å². The Labute approximate surface area is 160 Å². The number of halogens is 1. The van der Waals surface area contributed by atoms with Gasteiger partial charge in [-0.2, -0.15) is 0 Å². The highest BCUT2D eigenvalue weighted by molar-refractivity contribution is 9.10. The van der Waals surface area contributed by atoms with E-state index in [1.807, 2.05) is 66.7 Å². The number of carbonyl (C=O) groups is 1. The number of hydrogen-bond donors (Lipinski definition) is 1. The normalized spacial score (nSPS) is 15.7. The van der Waals surface area contributed by atoms with Crippen LogP contribution in [0.25, 0.3) is 0 Å². The zero-order chi connectivity index (χ0) is 17.9. The van der Waals surface area contributed by atoms with Gasteiger partial charge in [0.15, 0.2) is 0 Å². The summed E-state index contributed by atoms with van der Waals surface area (Å²) in [4.78, 5) is 21.7. The summed E-state index contributed by atoms with van der Waals surface area (Å²) in [6.07, 6.45) is 2.21. The summed E-state index contributed by atoms with van der Waals surface area (Å²) in [5.74, 6) is 0.488. The lowest BCUT2D eigenvalue weighted by Gasteiger charge is -2.22. The van der Waals surface area contributed by atoms with Crippen molar-refractivity contribution in [1.82, 2.24) is 4.98 Å². The Morgan fingerprint density at radius 1 is 1.04 bits per heavy atom. The van der Waals surface area contributed by atoms with Crippen molar-refractivity contribution in [3.63, 3.8) is 0 Å². The van der Waals surface area contributed by atoms with Crippen LogP contribution in [0.4, 0.5) is 5.82 Å². The molecule has 0 bridgehead atoms. The molecule has 26 heavy (non-hydrogen) atoms. The molecule has 2 aromatic carbocycles. The summed E-state index contributed by atoms with van der Waals surface area (Å²) in [5, 5.41) is 2.87. The molecule has 0 radical (unpaired) electrons.